The fourth-order valence-electron chi connectivity index (χ4n) is 3.16. The Hall–Kier alpha value is -1.19. The van der Waals surface area contributed by atoms with Gasteiger partial charge >= 0.3 is 0 Å². The number of rotatable bonds is 3. The highest BCUT2D eigenvalue weighted by atomic mass is 32.1. The van der Waals surface area contributed by atoms with Gasteiger partial charge in [-0.05, 0) is 43.9 Å². The number of aromatic nitrogens is 1. The third-order valence-electron chi connectivity index (χ3n) is 4.06. The summed E-state index contributed by atoms with van der Waals surface area (Å²) < 4.78 is 0. The maximum absolute atomic E-state index is 4.62. The van der Waals surface area contributed by atoms with E-state index in [4.69, 9.17) is 0 Å². The Labute approximate surface area is 118 Å². The molecule has 0 radical (unpaired) electrons. The molecule has 1 aromatic carbocycles. The average molecular weight is 272 g/mol. The quantitative estimate of drug-likeness (QED) is 0.925. The summed E-state index contributed by atoms with van der Waals surface area (Å²) >= 11 is 1.80. The molecular formula is C16H20N2S. The van der Waals surface area contributed by atoms with Gasteiger partial charge in [0.1, 0.15) is 0 Å². The summed E-state index contributed by atoms with van der Waals surface area (Å²) in [6.45, 7) is 2.08. The summed E-state index contributed by atoms with van der Waals surface area (Å²) in [6.07, 6.45) is 3.54. The van der Waals surface area contributed by atoms with Crippen LogP contribution in [-0.2, 0) is 12.8 Å². The molecule has 0 saturated heterocycles. The van der Waals surface area contributed by atoms with E-state index < -0.39 is 0 Å². The van der Waals surface area contributed by atoms with Gasteiger partial charge in [0.2, 0.25) is 0 Å². The SMILES string of the molecule is CNC1c2ccccc2CCC1Cc1nc(C)cs1. The van der Waals surface area contributed by atoms with E-state index in [0.717, 1.165) is 12.1 Å². The van der Waals surface area contributed by atoms with Crippen LogP contribution in [0.2, 0.25) is 0 Å². The van der Waals surface area contributed by atoms with E-state index in [0.29, 0.717) is 12.0 Å². The molecule has 2 unspecified atom stereocenters. The van der Waals surface area contributed by atoms with E-state index in [9.17, 15) is 0 Å². The van der Waals surface area contributed by atoms with Crippen LogP contribution in [0.4, 0.5) is 0 Å². The van der Waals surface area contributed by atoms with Gasteiger partial charge in [-0.1, -0.05) is 24.3 Å². The van der Waals surface area contributed by atoms with Crippen molar-refractivity contribution in [2.45, 2.75) is 32.2 Å². The van der Waals surface area contributed by atoms with Gasteiger partial charge in [-0.2, -0.15) is 0 Å². The zero-order valence-electron chi connectivity index (χ0n) is 11.5. The molecule has 1 heterocycles. The lowest BCUT2D eigenvalue weighted by molar-refractivity contribution is 0.334. The molecule has 1 aromatic heterocycles. The van der Waals surface area contributed by atoms with E-state index in [1.807, 2.05) is 0 Å². The van der Waals surface area contributed by atoms with Gasteiger partial charge in [0.25, 0.3) is 0 Å². The number of nitrogens with one attached hydrogen (secondary N) is 1. The van der Waals surface area contributed by atoms with Crippen LogP contribution in [-0.4, -0.2) is 12.0 Å². The number of aryl methyl sites for hydroxylation is 2. The van der Waals surface area contributed by atoms with Crippen molar-refractivity contribution >= 4 is 11.3 Å². The normalized spacial score (nSPS) is 22.2. The molecule has 1 aliphatic carbocycles. The average Bonchev–Trinajstić information content (AvgIpc) is 2.84. The second-order valence-corrected chi connectivity index (χ2v) is 6.29. The van der Waals surface area contributed by atoms with E-state index in [2.05, 4.69) is 53.9 Å². The van der Waals surface area contributed by atoms with Gasteiger partial charge in [-0.25, -0.2) is 4.98 Å². The van der Waals surface area contributed by atoms with Gasteiger partial charge in [0.15, 0.2) is 0 Å². The number of thiazole rings is 1. The first-order valence-corrected chi connectivity index (χ1v) is 7.82. The van der Waals surface area contributed by atoms with Crippen molar-refractivity contribution in [2.24, 2.45) is 5.92 Å². The molecule has 2 nitrogen and oxygen atoms in total. The second-order valence-electron chi connectivity index (χ2n) is 5.35. The van der Waals surface area contributed by atoms with Crippen LogP contribution in [0.3, 0.4) is 0 Å². The fraction of sp³-hybridized carbons (Fsp3) is 0.438. The topological polar surface area (TPSA) is 24.9 Å². The first-order valence-electron chi connectivity index (χ1n) is 6.94. The molecule has 1 aliphatic rings. The summed E-state index contributed by atoms with van der Waals surface area (Å²) in [7, 11) is 2.08. The summed E-state index contributed by atoms with van der Waals surface area (Å²) in [4.78, 5) is 4.62. The molecule has 19 heavy (non-hydrogen) atoms. The van der Waals surface area contributed by atoms with Crippen LogP contribution in [0, 0.1) is 12.8 Å². The lowest BCUT2D eigenvalue weighted by Crippen LogP contribution is -2.31. The Bertz CT molecular complexity index is 561. The number of hydrogen-bond acceptors (Lipinski definition) is 3. The number of benzene rings is 1. The van der Waals surface area contributed by atoms with E-state index in [1.54, 1.807) is 11.3 Å². The molecule has 0 aliphatic heterocycles. The standard InChI is InChI=1S/C16H20N2S/c1-11-10-19-15(18-11)9-13-8-7-12-5-3-4-6-14(12)16(13)17-2/h3-6,10,13,16-17H,7-9H2,1-2H3. The smallest absolute Gasteiger partial charge is 0.0931 e. The number of nitrogens with zero attached hydrogens (tertiary/aromatic N) is 1. The van der Waals surface area contributed by atoms with Crippen LogP contribution < -0.4 is 5.32 Å². The molecular weight excluding hydrogens is 252 g/mol. The number of fused-ring (bicyclic) bond motifs is 1. The Morgan fingerprint density at radius 2 is 2.21 bits per heavy atom. The zero-order chi connectivity index (χ0) is 13.2. The van der Waals surface area contributed by atoms with Gasteiger partial charge in [0, 0.05) is 23.5 Å². The molecule has 3 rings (SSSR count). The summed E-state index contributed by atoms with van der Waals surface area (Å²) in [6, 6.07) is 9.31. The lowest BCUT2D eigenvalue weighted by Gasteiger charge is -2.33. The van der Waals surface area contributed by atoms with Crippen LogP contribution >= 0.6 is 11.3 Å². The largest absolute Gasteiger partial charge is 0.313 e. The highest BCUT2D eigenvalue weighted by molar-refractivity contribution is 7.09. The van der Waals surface area contributed by atoms with Gasteiger partial charge in [-0.3, -0.25) is 0 Å². The maximum atomic E-state index is 4.62. The predicted octanol–water partition coefficient (Wildman–Crippen LogP) is 3.52. The Morgan fingerprint density at radius 1 is 1.37 bits per heavy atom. The first-order chi connectivity index (χ1) is 9.28. The van der Waals surface area contributed by atoms with Gasteiger partial charge < -0.3 is 5.32 Å². The third kappa shape index (κ3) is 2.58. The van der Waals surface area contributed by atoms with Gasteiger partial charge in [0.05, 0.1) is 5.01 Å². The lowest BCUT2D eigenvalue weighted by atomic mass is 9.78. The van der Waals surface area contributed by atoms with Crippen molar-refractivity contribution in [3.05, 3.63) is 51.5 Å². The van der Waals surface area contributed by atoms with Crippen molar-refractivity contribution in [3.63, 3.8) is 0 Å². The first kappa shape index (κ1) is 12.8. The minimum absolute atomic E-state index is 0.467. The van der Waals surface area contributed by atoms with Crippen molar-refractivity contribution < 1.29 is 0 Å². The van der Waals surface area contributed by atoms with Crippen LogP contribution in [0.5, 0.6) is 0 Å². The van der Waals surface area contributed by atoms with Crippen molar-refractivity contribution in [1.29, 1.82) is 0 Å². The highest BCUT2D eigenvalue weighted by Crippen LogP contribution is 2.36. The molecule has 2 atom stereocenters. The fourth-order valence-corrected chi connectivity index (χ4v) is 4.02. The summed E-state index contributed by atoms with van der Waals surface area (Å²) in [5.74, 6) is 0.658. The zero-order valence-corrected chi connectivity index (χ0v) is 12.3. The molecule has 1 N–H and O–H groups in total. The molecule has 0 saturated carbocycles. The number of hydrogen-bond donors (Lipinski definition) is 1. The molecule has 3 heteroatoms. The Balaban J connectivity index is 1.84. The van der Waals surface area contributed by atoms with Gasteiger partial charge in [-0.15, -0.1) is 11.3 Å². The van der Waals surface area contributed by atoms with Crippen molar-refractivity contribution in [1.82, 2.24) is 10.3 Å². The molecule has 0 amide bonds. The molecule has 0 fully saturated rings. The molecule has 2 aromatic rings. The van der Waals surface area contributed by atoms with Crippen LogP contribution in [0.1, 0.15) is 34.3 Å². The summed E-state index contributed by atoms with van der Waals surface area (Å²) in [5, 5.41) is 6.95. The second kappa shape index (κ2) is 5.43. The van der Waals surface area contributed by atoms with E-state index in [-0.39, 0.29) is 0 Å². The van der Waals surface area contributed by atoms with E-state index >= 15 is 0 Å². The predicted molar refractivity (Wildman–Crippen MR) is 80.6 cm³/mol. The monoisotopic (exact) mass is 272 g/mol. The maximum Gasteiger partial charge on any atom is 0.0931 e. The van der Waals surface area contributed by atoms with Crippen molar-refractivity contribution in [2.75, 3.05) is 7.05 Å². The Morgan fingerprint density at radius 3 is 2.95 bits per heavy atom. The van der Waals surface area contributed by atoms with E-state index in [1.165, 1.54) is 29.0 Å². The minimum Gasteiger partial charge on any atom is -0.313 e. The third-order valence-corrected chi connectivity index (χ3v) is 5.05. The van der Waals surface area contributed by atoms with Crippen molar-refractivity contribution in [3.8, 4) is 0 Å². The molecule has 100 valence electrons. The Kier molecular flexibility index (Phi) is 3.67. The summed E-state index contributed by atoms with van der Waals surface area (Å²) in [5.41, 5.74) is 4.14. The minimum atomic E-state index is 0.467. The van der Waals surface area contributed by atoms with Crippen LogP contribution in [0.15, 0.2) is 29.6 Å². The molecule has 0 spiro atoms. The molecule has 0 bridgehead atoms. The highest BCUT2D eigenvalue weighted by Gasteiger charge is 2.28. The van der Waals surface area contributed by atoms with Crippen LogP contribution in [0.25, 0.3) is 0 Å².